The molecule has 0 aliphatic heterocycles. The van der Waals surface area contributed by atoms with E-state index in [9.17, 15) is 14.0 Å². The third-order valence-corrected chi connectivity index (χ3v) is 2.82. The number of esters is 2. The number of carbonyl (C=O) groups is 2. The Morgan fingerprint density at radius 1 is 1.14 bits per heavy atom. The van der Waals surface area contributed by atoms with Crippen LogP contribution in [0.1, 0.15) is 45.1 Å². The van der Waals surface area contributed by atoms with Crippen LogP contribution in [-0.4, -0.2) is 24.6 Å². The predicted octanol–water partition coefficient (Wildman–Crippen LogP) is 3.20. The van der Waals surface area contributed by atoms with Gasteiger partial charge in [0, 0.05) is 5.92 Å². The van der Waals surface area contributed by atoms with E-state index in [2.05, 4.69) is 4.74 Å². The highest BCUT2D eigenvalue weighted by Gasteiger charge is 2.25. The van der Waals surface area contributed by atoms with E-state index in [1.807, 2.05) is 0 Å². The van der Waals surface area contributed by atoms with Crippen LogP contribution in [-0.2, 0) is 19.1 Å². The van der Waals surface area contributed by atoms with Crippen molar-refractivity contribution in [2.45, 2.75) is 45.1 Å². The first-order chi connectivity index (χ1) is 9.73. The number of ether oxygens (including phenoxy) is 2. The van der Waals surface area contributed by atoms with Crippen LogP contribution in [0.25, 0.3) is 0 Å². The number of rotatable bonds is 5. The standard InChI is InChI=1S/C16H21FO4/c1-16(2,3)21-15(19)10-11(9-14(18)20-4)12-7-5-6-8-13(12)17/h5-8,11H,9-10H2,1-4H3. The molecule has 0 spiro atoms. The van der Waals surface area contributed by atoms with Crippen molar-refractivity contribution in [3.63, 3.8) is 0 Å². The molecule has 4 nitrogen and oxygen atoms in total. The van der Waals surface area contributed by atoms with Crippen LogP contribution in [0.3, 0.4) is 0 Å². The van der Waals surface area contributed by atoms with Crippen LogP contribution in [0.15, 0.2) is 24.3 Å². The van der Waals surface area contributed by atoms with Gasteiger partial charge in [0.25, 0.3) is 0 Å². The van der Waals surface area contributed by atoms with Gasteiger partial charge in [0.1, 0.15) is 11.4 Å². The molecule has 21 heavy (non-hydrogen) atoms. The van der Waals surface area contributed by atoms with E-state index in [-0.39, 0.29) is 12.8 Å². The highest BCUT2D eigenvalue weighted by atomic mass is 19.1. The van der Waals surface area contributed by atoms with Gasteiger partial charge >= 0.3 is 11.9 Å². The molecule has 5 heteroatoms. The normalized spacial score (nSPS) is 12.6. The Labute approximate surface area is 124 Å². The second-order valence-electron chi connectivity index (χ2n) is 5.79. The van der Waals surface area contributed by atoms with Gasteiger partial charge in [0.2, 0.25) is 0 Å². The first kappa shape index (κ1) is 17.1. The van der Waals surface area contributed by atoms with Crippen molar-refractivity contribution in [2.24, 2.45) is 0 Å². The Hall–Kier alpha value is -1.91. The van der Waals surface area contributed by atoms with Gasteiger partial charge in [-0.2, -0.15) is 0 Å². The quantitative estimate of drug-likeness (QED) is 0.783. The SMILES string of the molecule is COC(=O)CC(CC(=O)OC(C)(C)C)c1ccccc1F. The molecular weight excluding hydrogens is 275 g/mol. The van der Waals surface area contributed by atoms with Crippen LogP contribution < -0.4 is 0 Å². The first-order valence-electron chi connectivity index (χ1n) is 6.76. The van der Waals surface area contributed by atoms with E-state index in [1.165, 1.54) is 13.2 Å². The molecule has 1 atom stereocenters. The van der Waals surface area contributed by atoms with Crippen molar-refractivity contribution < 1.29 is 23.5 Å². The molecule has 0 fully saturated rings. The lowest BCUT2D eigenvalue weighted by Crippen LogP contribution is -2.25. The Bertz CT molecular complexity index is 505. The van der Waals surface area contributed by atoms with E-state index in [0.29, 0.717) is 5.56 Å². The van der Waals surface area contributed by atoms with E-state index in [0.717, 1.165) is 0 Å². The molecule has 1 rings (SSSR count). The van der Waals surface area contributed by atoms with Gasteiger partial charge in [0.05, 0.1) is 20.0 Å². The second-order valence-corrected chi connectivity index (χ2v) is 5.79. The Balaban J connectivity index is 2.91. The van der Waals surface area contributed by atoms with Gasteiger partial charge in [-0.1, -0.05) is 18.2 Å². The summed E-state index contributed by atoms with van der Waals surface area (Å²) in [6.07, 6.45) is -0.149. The average molecular weight is 296 g/mol. The van der Waals surface area contributed by atoms with Gasteiger partial charge in [-0.3, -0.25) is 9.59 Å². The molecule has 0 aromatic heterocycles. The maximum atomic E-state index is 13.9. The van der Waals surface area contributed by atoms with Crippen molar-refractivity contribution in [1.82, 2.24) is 0 Å². The fourth-order valence-corrected chi connectivity index (χ4v) is 1.97. The van der Waals surface area contributed by atoms with E-state index < -0.39 is 29.3 Å². The molecule has 0 radical (unpaired) electrons. The zero-order chi connectivity index (χ0) is 16.0. The minimum atomic E-state index is -0.623. The summed E-state index contributed by atoms with van der Waals surface area (Å²) in [7, 11) is 1.26. The van der Waals surface area contributed by atoms with Gasteiger partial charge in [-0.05, 0) is 32.4 Å². The third-order valence-electron chi connectivity index (χ3n) is 2.82. The lowest BCUT2D eigenvalue weighted by molar-refractivity contribution is -0.155. The van der Waals surface area contributed by atoms with Crippen molar-refractivity contribution >= 4 is 11.9 Å². The van der Waals surface area contributed by atoms with Crippen molar-refractivity contribution in [1.29, 1.82) is 0 Å². The lowest BCUT2D eigenvalue weighted by atomic mass is 9.92. The van der Waals surface area contributed by atoms with E-state index in [1.54, 1.807) is 39.0 Å². The average Bonchev–Trinajstić information content (AvgIpc) is 2.36. The molecule has 1 aromatic rings. The number of benzene rings is 1. The van der Waals surface area contributed by atoms with Crippen molar-refractivity contribution in [2.75, 3.05) is 7.11 Å². The summed E-state index contributed by atoms with van der Waals surface area (Å²) in [6.45, 7) is 5.26. The maximum absolute atomic E-state index is 13.9. The Morgan fingerprint density at radius 3 is 2.24 bits per heavy atom. The summed E-state index contributed by atoms with van der Waals surface area (Å²) in [6, 6.07) is 6.08. The minimum Gasteiger partial charge on any atom is -0.469 e. The fraction of sp³-hybridized carbons (Fsp3) is 0.500. The molecule has 1 aromatic carbocycles. The second kappa shape index (κ2) is 7.20. The summed E-state index contributed by atoms with van der Waals surface area (Å²) in [4.78, 5) is 23.4. The first-order valence-corrected chi connectivity index (χ1v) is 6.76. The number of hydrogen-bond acceptors (Lipinski definition) is 4. The van der Waals surface area contributed by atoms with Crippen LogP contribution in [0.2, 0.25) is 0 Å². The van der Waals surface area contributed by atoms with Crippen LogP contribution in [0.4, 0.5) is 4.39 Å². The molecule has 0 saturated heterocycles. The van der Waals surface area contributed by atoms with Crippen molar-refractivity contribution in [3.8, 4) is 0 Å². The number of carbonyl (C=O) groups excluding carboxylic acids is 2. The van der Waals surface area contributed by atoms with Crippen molar-refractivity contribution in [3.05, 3.63) is 35.6 Å². The van der Waals surface area contributed by atoms with Gasteiger partial charge < -0.3 is 9.47 Å². The summed E-state index contributed by atoms with van der Waals surface area (Å²) in [5, 5.41) is 0. The largest absolute Gasteiger partial charge is 0.469 e. The molecule has 1 unspecified atom stereocenters. The van der Waals surface area contributed by atoms with E-state index >= 15 is 0 Å². The Morgan fingerprint density at radius 2 is 1.71 bits per heavy atom. The molecule has 0 aliphatic carbocycles. The Kier molecular flexibility index (Phi) is 5.88. The molecule has 0 aliphatic rings. The van der Waals surface area contributed by atoms with Crippen LogP contribution in [0.5, 0.6) is 0 Å². The van der Waals surface area contributed by atoms with Gasteiger partial charge in [-0.15, -0.1) is 0 Å². The molecule has 0 N–H and O–H groups in total. The highest BCUT2D eigenvalue weighted by Crippen LogP contribution is 2.27. The number of hydrogen-bond donors (Lipinski definition) is 0. The smallest absolute Gasteiger partial charge is 0.306 e. The molecule has 0 heterocycles. The highest BCUT2D eigenvalue weighted by molar-refractivity contribution is 5.75. The topological polar surface area (TPSA) is 52.6 Å². The van der Waals surface area contributed by atoms with E-state index in [4.69, 9.17) is 4.74 Å². The van der Waals surface area contributed by atoms with Crippen LogP contribution >= 0.6 is 0 Å². The minimum absolute atomic E-state index is 0.0727. The lowest BCUT2D eigenvalue weighted by Gasteiger charge is -2.22. The summed E-state index contributed by atoms with van der Waals surface area (Å²) in [5.41, 5.74) is -0.309. The molecule has 0 saturated carbocycles. The predicted molar refractivity (Wildman–Crippen MR) is 76.2 cm³/mol. The van der Waals surface area contributed by atoms with Crippen LogP contribution in [0, 0.1) is 5.82 Å². The summed E-state index contributed by atoms with van der Waals surface area (Å²) in [5.74, 6) is -2.02. The molecule has 0 amide bonds. The summed E-state index contributed by atoms with van der Waals surface area (Å²) < 4.78 is 23.7. The zero-order valence-electron chi connectivity index (χ0n) is 12.8. The summed E-state index contributed by atoms with van der Waals surface area (Å²) >= 11 is 0. The van der Waals surface area contributed by atoms with Gasteiger partial charge in [0.15, 0.2) is 0 Å². The molecule has 116 valence electrons. The molecule has 0 bridgehead atoms. The fourth-order valence-electron chi connectivity index (χ4n) is 1.97. The monoisotopic (exact) mass is 296 g/mol. The maximum Gasteiger partial charge on any atom is 0.306 e. The zero-order valence-corrected chi connectivity index (χ0v) is 12.8. The number of halogens is 1. The van der Waals surface area contributed by atoms with Gasteiger partial charge in [-0.25, -0.2) is 4.39 Å². The third kappa shape index (κ3) is 5.94. The molecular formula is C16H21FO4. The number of methoxy groups -OCH3 is 1.